The number of carbonyl (C=O) groups excluding carboxylic acids is 1. The van der Waals surface area contributed by atoms with Crippen molar-refractivity contribution in [3.05, 3.63) is 77.1 Å². The molecule has 0 saturated carbocycles. The van der Waals surface area contributed by atoms with Crippen LogP contribution in [0.25, 0.3) is 11.3 Å². The molecule has 0 bridgehead atoms. The molecule has 0 N–H and O–H groups in total. The molecule has 1 amide bonds. The maximum Gasteiger partial charge on any atom is 0.267 e. The van der Waals surface area contributed by atoms with E-state index in [-0.39, 0.29) is 18.0 Å². The number of rotatable bonds is 6. The highest BCUT2D eigenvalue weighted by Crippen LogP contribution is 2.27. The predicted molar refractivity (Wildman–Crippen MR) is 105 cm³/mol. The molecular formula is C21H21N3O3. The van der Waals surface area contributed by atoms with Crippen molar-refractivity contribution in [1.82, 2.24) is 9.78 Å². The van der Waals surface area contributed by atoms with Crippen molar-refractivity contribution in [2.75, 3.05) is 18.6 Å². The van der Waals surface area contributed by atoms with Crippen LogP contribution in [0.15, 0.2) is 71.5 Å². The number of ether oxygens (including phenoxy) is 1. The van der Waals surface area contributed by atoms with Gasteiger partial charge in [0.25, 0.3) is 5.56 Å². The summed E-state index contributed by atoms with van der Waals surface area (Å²) in [6.45, 7) is 2.26. The van der Waals surface area contributed by atoms with Crippen LogP contribution in [0.5, 0.6) is 5.75 Å². The number of hydrogen-bond acceptors (Lipinski definition) is 4. The van der Waals surface area contributed by atoms with E-state index in [1.54, 1.807) is 18.1 Å². The van der Waals surface area contributed by atoms with E-state index in [9.17, 15) is 9.59 Å². The predicted octanol–water partition coefficient (Wildman–Crippen LogP) is 2.97. The van der Waals surface area contributed by atoms with Gasteiger partial charge in [-0.1, -0.05) is 30.3 Å². The lowest BCUT2D eigenvalue weighted by Crippen LogP contribution is -2.37. The standard InChI is InChI=1S/C21H21N3O3/c1-3-23(16-9-5-4-6-10-16)21(26)15-24-20(25)14-13-18(22-24)17-11-7-8-12-19(17)27-2/h4-14H,3,15H2,1-2H3. The molecule has 6 heteroatoms. The van der Waals surface area contributed by atoms with Crippen molar-refractivity contribution in [1.29, 1.82) is 0 Å². The van der Waals surface area contributed by atoms with Gasteiger partial charge in [0, 0.05) is 23.9 Å². The Bertz CT molecular complexity index is 983. The van der Waals surface area contributed by atoms with E-state index >= 15 is 0 Å². The Balaban J connectivity index is 1.91. The maximum absolute atomic E-state index is 12.8. The van der Waals surface area contributed by atoms with Gasteiger partial charge in [0.05, 0.1) is 12.8 Å². The molecule has 0 fully saturated rings. The Kier molecular flexibility index (Phi) is 5.66. The zero-order valence-corrected chi connectivity index (χ0v) is 15.3. The van der Waals surface area contributed by atoms with Crippen molar-refractivity contribution < 1.29 is 9.53 Å². The smallest absolute Gasteiger partial charge is 0.267 e. The number of aromatic nitrogens is 2. The third kappa shape index (κ3) is 4.06. The Hall–Kier alpha value is -3.41. The van der Waals surface area contributed by atoms with E-state index in [1.165, 1.54) is 10.7 Å². The molecular weight excluding hydrogens is 342 g/mol. The van der Waals surface area contributed by atoms with E-state index < -0.39 is 0 Å². The highest BCUT2D eigenvalue weighted by atomic mass is 16.5. The van der Waals surface area contributed by atoms with Gasteiger partial charge in [0.1, 0.15) is 12.3 Å². The highest BCUT2D eigenvalue weighted by Gasteiger charge is 2.16. The number of amides is 1. The summed E-state index contributed by atoms with van der Waals surface area (Å²) in [6.07, 6.45) is 0. The number of hydrogen-bond donors (Lipinski definition) is 0. The van der Waals surface area contributed by atoms with Crippen LogP contribution in [-0.4, -0.2) is 29.3 Å². The Morgan fingerprint density at radius 3 is 2.44 bits per heavy atom. The largest absolute Gasteiger partial charge is 0.496 e. The molecule has 0 atom stereocenters. The minimum atomic E-state index is -0.328. The van der Waals surface area contributed by atoms with Crippen molar-refractivity contribution >= 4 is 11.6 Å². The summed E-state index contributed by atoms with van der Waals surface area (Å²) in [4.78, 5) is 26.6. The molecule has 27 heavy (non-hydrogen) atoms. The van der Waals surface area contributed by atoms with Gasteiger partial charge in [-0.25, -0.2) is 4.68 Å². The van der Waals surface area contributed by atoms with Gasteiger partial charge in [-0.15, -0.1) is 0 Å². The topological polar surface area (TPSA) is 64.4 Å². The minimum Gasteiger partial charge on any atom is -0.496 e. The monoisotopic (exact) mass is 363 g/mol. The summed E-state index contributed by atoms with van der Waals surface area (Å²) in [5, 5.41) is 4.38. The fourth-order valence-electron chi connectivity index (χ4n) is 2.89. The maximum atomic E-state index is 12.8. The van der Waals surface area contributed by atoms with Crippen LogP contribution < -0.4 is 15.2 Å². The molecule has 1 aromatic heterocycles. The highest BCUT2D eigenvalue weighted by molar-refractivity contribution is 5.93. The fraction of sp³-hybridized carbons (Fsp3) is 0.190. The number of benzene rings is 2. The minimum absolute atomic E-state index is 0.134. The molecule has 0 unspecified atom stereocenters. The molecule has 1 heterocycles. The van der Waals surface area contributed by atoms with Crippen LogP contribution in [-0.2, 0) is 11.3 Å². The van der Waals surface area contributed by atoms with Crippen LogP contribution in [0.4, 0.5) is 5.69 Å². The number of methoxy groups -OCH3 is 1. The van der Waals surface area contributed by atoms with E-state index in [1.807, 2.05) is 61.5 Å². The van der Waals surface area contributed by atoms with Crippen LogP contribution >= 0.6 is 0 Å². The van der Waals surface area contributed by atoms with E-state index in [0.29, 0.717) is 18.0 Å². The van der Waals surface area contributed by atoms with Gasteiger partial charge in [0.2, 0.25) is 5.91 Å². The number of anilines is 1. The van der Waals surface area contributed by atoms with E-state index in [4.69, 9.17) is 4.74 Å². The van der Waals surface area contributed by atoms with Crippen molar-refractivity contribution in [3.8, 4) is 17.0 Å². The van der Waals surface area contributed by atoms with Crippen LogP contribution in [0.2, 0.25) is 0 Å². The lowest BCUT2D eigenvalue weighted by Gasteiger charge is -2.21. The number of para-hydroxylation sites is 2. The molecule has 3 rings (SSSR count). The molecule has 0 aliphatic rings. The first kappa shape index (κ1) is 18.4. The van der Waals surface area contributed by atoms with Crippen molar-refractivity contribution in [2.24, 2.45) is 0 Å². The molecule has 2 aromatic carbocycles. The lowest BCUT2D eigenvalue weighted by atomic mass is 10.1. The SMILES string of the molecule is CCN(C(=O)Cn1nc(-c2ccccc2OC)ccc1=O)c1ccccc1. The van der Waals surface area contributed by atoms with E-state index in [0.717, 1.165) is 11.3 Å². The number of likely N-dealkylation sites (N-methyl/N-ethyl adjacent to an activating group) is 1. The average Bonchev–Trinajstić information content (AvgIpc) is 2.71. The molecule has 138 valence electrons. The molecule has 0 spiro atoms. The van der Waals surface area contributed by atoms with Gasteiger partial charge in [0.15, 0.2) is 0 Å². The van der Waals surface area contributed by atoms with Crippen molar-refractivity contribution in [3.63, 3.8) is 0 Å². The van der Waals surface area contributed by atoms with Crippen LogP contribution in [0.3, 0.4) is 0 Å². The second kappa shape index (κ2) is 8.31. The third-order valence-corrected chi connectivity index (χ3v) is 4.22. The summed E-state index contributed by atoms with van der Waals surface area (Å²) < 4.78 is 6.55. The lowest BCUT2D eigenvalue weighted by molar-refractivity contribution is -0.119. The van der Waals surface area contributed by atoms with Gasteiger partial charge < -0.3 is 9.64 Å². The first-order valence-electron chi connectivity index (χ1n) is 8.71. The summed E-state index contributed by atoms with van der Waals surface area (Å²) in [5.74, 6) is 0.455. The zero-order valence-electron chi connectivity index (χ0n) is 15.3. The summed E-state index contributed by atoms with van der Waals surface area (Å²) in [7, 11) is 1.58. The number of nitrogens with zero attached hydrogens (tertiary/aromatic N) is 3. The second-order valence-electron chi connectivity index (χ2n) is 5.89. The first-order chi connectivity index (χ1) is 13.1. The molecule has 0 saturated heterocycles. The normalized spacial score (nSPS) is 10.4. The average molecular weight is 363 g/mol. The summed E-state index contributed by atoms with van der Waals surface area (Å²) >= 11 is 0. The Labute approximate surface area is 157 Å². The summed E-state index contributed by atoms with van der Waals surface area (Å²) in [5.41, 5.74) is 1.80. The quantitative estimate of drug-likeness (QED) is 0.675. The van der Waals surface area contributed by atoms with E-state index in [2.05, 4.69) is 5.10 Å². The molecule has 3 aromatic rings. The zero-order chi connectivity index (χ0) is 19.2. The second-order valence-corrected chi connectivity index (χ2v) is 5.89. The van der Waals surface area contributed by atoms with Crippen LogP contribution in [0.1, 0.15) is 6.92 Å². The van der Waals surface area contributed by atoms with Gasteiger partial charge >= 0.3 is 0 Å². The van der Waals surface area contributed by atoms with Gasteiger partial charge in [-0.2, -0.15) is 5.10 Å². The molecule has 0 radical (unpaired) electrons. The van der Waals surface area contributed by atoms with Gasteiger partial charge in [-0.3, -0.25) is 9.59 Å². The Morgan fingerprint density at radius 1 is 1.04 bits per heavy atom. The summed E-state index contributed by atoms with van der Waals surface area (Å²) in [6, 6.07) is 19.8. The van der Waals surface area contributed by atoms with Crippen molar-refractivity contribution in [2.45, 2.75) is 13.5 Å². The Morgan fingerprint density at radius 2 is 1.74 bits per heavy atom. The molecule has 6 nitrogen and oxygen atoms in total. The number of carbonyl (C=O) groups is 1. The molecule has 0 aliphatic heterocycles. The van der Waals surface area contributed by atoms with Gasteiger partial charge in [-0.05, 0) is 37.3 Å². The first-order valence-corrected chi connectivity index (χ1v) is 8.71. The fourth-order valence-corrected chi connectivity index (χ4v) is 2.89. The third-order valence-electron chi connectivity index (χ3n) is 4.22. The van der Waals surface area contributed by atoms with Crippen LogP contribution in [0, 0.1) is 0 Å². The molecule has 0 aliphatic carbocycles.